The lowest BCUT2D eigenvalue weighted by Gasteiger charge is -2.02. The topological polar surface area (TPSA) is 66.4 Å². The average Bonchev–Trinajstić information content (AvgIpc) is 2.28. The lowest BCUT2D eigenvalue weighted by atomic mass is 10.2. The number of benzene rings is 1. The van der Waals surface area contributed by atoms with Crippen LogP contribution >= 0.6 is 0 Å². The molecule has 0 bridgehead atoms. The van der Waals surface area contributed by atoms with Crippen LogP contribution in [0.4, 0.5) is 18.9 Å². The van der Waals surface area contributed by atoms with Gasteiger partial charge in [0.05, 0.1) is 5.56 Å². The quantitative estimate of drug-likeness (QED) is 0.815. The molecule has 0 atom stereocenters. The lowest BCUT2D eigenvalue weighted by Crippen LogP contribution is -2.20. The number of carbonyl (C=O) groups is 2. The van der Waals surface area contributed by atoms with Gasteiger partial charge in [0, 0.05) is 18.0 Å². The van der Waals surface area contributed by atoms with Crippen LogP contribution in [0.25, 0.3) is 0 Å². The molecule has 0 spiro atoms. The summed E-state index contributed by atoms with van der Waals surface area (Å²) >= 11 is 0. The summed E-state index contributed by atoms with van der Waals surface area (Å²) in [4.78, 5) is 21.1. The van der Waals surface area contributed by atoms with E-state index in [4.69, 9.17) is 5.11 Å². The maximum Gasteiger partial charge on any atom is 0.454 e. The fourth-order valence-electron chi connectivity index (χ4n) is 1.05. The Morgan fingerprint density at radius 2 is 1.94 bits per heavy atom. The number of allylic oxidation sites excluding steroid dienone is 1. The van der Waals surface area contributed by atoms with E-state index < -0.39 is 17.9 Å². The van der Waals surface area contributed by atoms with Gasteiger partial charge in [-0.1, -0.05) is 6.07 Å². The van der Waals surface area contributed by atoms with Gasteiger partial charge < -0.3 is 10.4 Å². The monoisotopic (exact) mass is 259 g/mol. The number of ketones is 1. The van der Waals surface area contributed by atoms with Gasteiger partial charge in [0.1, 0.15) is 0 Å². The van der Waals surface area contributed by atoms with Gasteiger partial charge in [-0.3, -0.25) is 4.79 Å². The molecule has 1 rings (SSSR count). The Kier molecular flexibility index (Phi) is 4.09. The van der Waals surface area contributed by atoms with Crippen molar-refractivity contribution in [1.29, 1.82) is 0 Å². The number of hydrogen-bond donors (Lipinski definition) is 2. The van der Waals surface area contributed by atoms with E-state index in [-0.39, 0.29) is 11.3 Å². The van der Waals surface area contributed by atoms with Crippen LogP contribution in [0.15, 0.2) is 36.5 Å². The first kappa shape index (κ1) is 13.8. The van der Waals surface area contributed by atoms with E-state index in [9.17, 15) is 22.8 Å². The molecule has 7 heteroatoms. The van der Waals surface area contributed by atoms with Crippen LogP contribution in [0.1, 0.15) is 10.4 Å². The first-order chi connectivity index (χ1) is 8.30. The Labute approximate surface area is 99.7 Å². The third-order valence-corrected chi connectivity index (χ3v) is 1.87. The van der Waals surface area contributed by atoms with Crippen molar-refractivity contribution in [2.45, 2.75) is 6.18 Å². The Bertz CT molecular complexity index is 495. The number of carbonyl (C=O) groups excluding carboxylic acids is 1. The average molecular weight is 259 g/mol. The molecule has 96 valence electrons. The van der Waals surface area contributed by atoms with Crippen LogP contribution in [0.5, 0.6) is 0 Å². The third-order valence-electron chi connectivity index (χ3n) is 1.87. The first-order valence-corrected chi connectivity index (χ1v) is 4.68. The number of halogens is 3. The van der Waals surface area contributed by atoms with Gasteiger partial charge in [-0.2, -0.15) is 13.2 Å². The number of alkyl halides is 3. The zero-order valence-electron chi connectivity index (χ0n) is 8.86. The Balaban J connectivity index is 2.70. The molecule has 1 aromatic rings. The Morgan fingerprint density at radius 3 is 2.50 bits per heavy atom. The highest BCUT2D eigenvalue weighted by atomic mass is 19.4. The van der Waals surface area contributed by atoms with Gasteiger partial charge >= 0.3 is 12.1 Å². The van der Waals surface area contributed by atoms with Crippen molar-refractivity contribution in [3.05, 3.63) is 42.1 Å². The van der Waals surface area contributed by atoms with Gasteiger partial charge in [0.2, 0.25) is 0 Å². The molecule has 2 N–H and O–H groups in total. The van der Waals surface area contributed by atoms with Gasteiger partial charge in [0.15, 0.2) is 0 Å². The molecule has 0 saturated heterocycles. The van der Waals surface area contributed by atoms with Crippen molar-refractivity contribution in [2.24, 2.45) is 0 Å². The number of carboxylic acid groups (broad SMARTS) is 1. The van der Waals surface area contributed by atoms with Crippen molar-refractivity contribution < 1.29 is 27.9 Å². The largest absolute Gasteiger partial charge is 0.478 e. The molecule has 0 radical (unpaired) electrons. The van der Waals surface area contributed by atoms with Crippen LogP contribution in [0.3, 0.4) is 0 Å². The second-order valence-electron chi connectivity index (χ2n) is 3.23. The SMILES string of the molecule is O=C(O)c1cccc(N/C=C/C(=O)C(F)(F)F)c1. The second kappa shape index (κ2) is 5.35. The fourth-order valence-corrected chi connectivity index (χ4v) is 1.05. The summed E-state index contributed by atoms with van der Waals surface area (Å²) in [6.07, 6.45) is -3.79. The van der Waals surface area contributed by atoms with Crippen molar-refractivity contribution in [2.75, 3.05) is 5.32 Å². The molecular formula is C11H8F3NO3. The van der Waals surface area contributed by atoms with E-state index in [0.717, 1.165) is 6.20 Å². The first-order valence-electron chi connectivity index (χ1n) is 4.68. The number of hydrogen-bond acceptors (Lipinski definition) is 3. The van der Waals surface area contributed by atoms with Gasteiger partial charge in [-0.15, -0.1) is 0 Å². The van der Waals surface area contributed by atoms with E-state index in [1.54, 1.807) is 0 Å². The van der Waals surface area contributed by atoms with Crippen LogP contribution in [-0.4, -0.2) is 23.0 Å². The third kappa shape index (κ3) is 3.93. The number of nitrogens with one attached hydrogen (secondary N) is 1. The molecule has 0 amide bonds. The smallest absolute Gasteiger partial charge is 0.454 e. The molecule has 4 nitrogen and oxygen atoms in total. The van der Waals surface area contributed by atoms with Crippen LogP contribution in [0, 0.1) is 0 Å². The normalized spacial score (nSPS) is 11.5. The number of aromatic carboxylic acids is 1. The summed E-state index contributed by atoms with van der Waals surface area (Å²) in [6.45, 7) is 0. The van der Waals surface area contributed by atoms with Crippen molar-refractivity contribution in [3.8, 4) is 0 Å². The molecule has 0 unspecified atom stereocenters. The predicted molar refractivity (Wildman–Crippen MR) is 57.2 cm³/mol. The molecule has 18 heavy (non-hydrogen) atoms. The predicted octanol–water partition coefficient (Wildman–Crippen LogP) is 2.44. The molecule has 0 aliphatic carbocycles. The van der Waals surface area contributed by atoms with Crippen LogP contribution in [-0.2, 0) is 4.79 Å². The van der Waals surface area contributed by atoms with Gasteiger partial charge in [-0.05, 0) is 18.2 Å². The molecule has 1 aromatic carbocycles. The van der Waals surface area contributed by atoms with Crippen molar-refractivity contribution in [3.63, 3.8) is 0 Å². The van der Waals surface area contributed by atoms with Gasteiger partial charge in [0.25, 0.3) is 5.78 Å². The Morgan fingerprint density at radius 1 is 1.28 bits per heavy atom. The van der Waals surface area contributed by atoms with E-state index in [1.807, 2.05) is 0 Å². The van der Waals surface area contributed by atoms with E-state index in [2.05, 4.69) is 5.32 Å². The molecule has 0 heterocycles. The zero-order valence-corrected chi connectivity index (χ0v) is 8.86. The number of carboxylic acids is 1. The molecule has 0 aliphatic rings. The standard InChI is InChI=1S/C11H8F3NO3/c12-11(13,14)9(16)4-5-15-8-3-1-2-7(6-8)10(17)18/h1-6,15H,(H,17,18)/b5-4+. The fraction of sp³-hybridized carbons (Fsp3) is 0.0909. The zero-order chi connectivity index (χ0) is 13.8. The maximum absolute atomic E-state index is 11.8. The highest BCUT2D eigenvalue weighted by Gasteiger charge is 2.35. The summed E-state index contributed by atoms with van der Waals surface area (Å²) in [7, 11) is 0. The van der Waals surface area contributed by atoms with Crippen molar-refractivity contribution >= 4 is 17.4 Å². The number of anilines is 1. The molecular weight excluding hydrogens is 251 g/mol. The van der Waals surface area contributed by atoms with Gasteiger partial charge in [-0.25, -0.2) is 4.79 Å². The minimum atomic E-state index is -4.92. The minimum absolute atomic E-state index is 0.0180. The highest BCUT2D eigenvalue weighted by molar-refractivity contribution is 5.94. The lowest BCUT2D eigenvalue weighted by molar-refractivity contribution is -0.165. The van der Waals surface area contributed by atoms with E-state index in [0.29, 0.717) is 6.08 Å². The second-order valence-corrected chi connectivity index (χ2v) is 3.23. The van der Waals surface area contributed by atoms with Crippen molar-refractivity contribution in [1.82, 2.24) is 0 Å². The minimum Gasteiger partial charge on any atom is -0.478 e. The summed E-state index contributed by atoms with van der Waals surface area (Å²) in [5.41, 5.74) is 0.247. The summed E-state index contributed by atoms with van der Waals surface area (Å²) in [5.74, 6) is -3.15. The summed E-state index contributed by atoms with van der Waals surface area (Å²) in [6, 6.07) is 5.43. The Hall–Kier alpha value is -2.31. The maximum atomic E-state index is 11.8. The van der Waals surface area contributed by atoms with Crippen LogP contribution in [0.2, 0.25) is 0 Å². The van der Waals surface area contributed by atoms with E-state index >= 15 is 0 Å². The summed E-state index contributed by atoms with van der Waals surface area (Å²) in [5, 5.41) is 11.1. The van der Waals surface area contributed by atoms with Crippen LogP contribution < -0.4 is 5.32 Å². The molecule has 0 fully saturated rings. The molecule has 0 aliphatic heterocycles. The molecule has 0 saturated carbocycles. The van der Waals surface area contributed by atoms with E-state index in [1.165, 1.54) is 24.3 Å². The summed E-state index contributed by atoms with van der Waals surface area (Å²) < 4.78 is 35.5. The number of rotatable bonds is 4. The highest BCUT2D eigenvalue weighted by Crippen LogP contribution is 2.16. The molecule has 0 aromatic heterocycles.